The first-order valence-corrected chi connectivity index (χ1v) is 21.9. The van der Waals surface area contributed by atoms with E-state index in [1.165, 1.54) is 10.5 Å². The van der Waals surface area contributed by atoms with E-state index in [2.05, 4.69) is 0 Å². The number of amides is 2. The van der Waals surface area contributed by atoms with Crippen LogP contribution in [0.1, 0.15) is 139 Å². The number of imide groups is 1. The standard InChI is InChI=1S/C14H12ClNO2.C7H8ClNO.C6H10ClN.C6H9ClO.C6H7ClO.C6H8O2.ClH/c1-8-11(15)6-7-12(8)16-13(17)9-4-2-3-5-10(9)14(16)18;1-5-6(8)2-3-7(5)10-4-9;4*1-4-5(7)2-3-6(4)8;/h2-5,12H,6-7H2,1H3;7H,2-3H2,1H3;6H,2-3,8H2,1H3;6,8H,2-3H2,1H3;2-3H2,1H3;4H,2-3H2,1H3;1H. The number of carbonyl (C=O) groups is 5. The highest BCUT2D eigenvalue weighted by atomic mass is 35.5. The molecular formula is C45H55Cl6N3O7. The highest BCUT2D eigenvalue weighted by Gasteiger charge is 2.42. The summed E-state index contributed by atoms with van der Waals surface area (Å²) in [5, 5.41) is 21.4. The van der Waals surface area contributed by atoms with Crippen molar-refractivity contribution in [1.82, 2.24) is 4.90 Å². The number of hydrogen-bond donors (Lipinski definition) is 2. The normalized spacial score (nSPS) is 24.3. The number of ether oxygens (including phenoxy) is 1. The number of nitriles is 1. The second kappa shape index (κ2) is 25.3. The largest absolute Gasteiger partial charge is 0.420 e. The summed E-state index contributed by atoms with van der Waals surface area (Å²) in [7, 11) is 0. The molecule has 0 spiro atoms. The van der Waals surface area contributed by atoms with Crippen LogP contribution in [0.5, 0.6) is 0 Å². The molecule has 8 rings (SSSR count). The zero-order valence-electron chi connectivity index (χ0n) is 35.3. The quantitative estimate of drug-likeness (QED) is 0.166. The second-order valence-corrected chi connectivity index (χ2v) is 17.8. The number of nitrogens with two attached hydrogens (primary N) is 1. The van der Waals surface area contributed by atoms with Crippen LogP contribution < -0.4 is 5.73 Å². The Balaban J connectivity index is 0.000000261. The van der Waals surface area contributed by atoms with E-state index in [0.29, 0.717) is 30.4 Å². The number of benzene rings is 1. The molecule has 1 saturated carbocycles. The summed E-state index contributed by atoms with van der Waals surface area (Å²) in [6, 6.07) is 7.01. The highest BCUT2D eigenvalue weighted by Crippen LogP contribution is 2.37. The van der Waals surface area contributed by atoms with E-state index in [1.54, 1.807) is 44.4 Å². The van der Waals surface area contributed by atoms with Crippen molar-refractivity contribution in [2.45, 2.75) is 143 Å². The molecule has 0 saturated heterocycles. The Labute approximate surface area is 390 Å². The average Bonchev–Trinajstić information content (AvgIpc) is 4.09. The van der Waals surface area contributed by atoms with E-state index in [1.807, 2.05) is 27.7 Å². The van der Waals surface area contributed by atoms with Crippen molar-refractivity contribution in [2.24, 2.45) is 11.7 Å². The van der Waals surface area contributed by atoms with Gasteiger partial charge in [0.05, 0.1) is 29.2 Å². The average molecular weight is 963 g/mol. The Bertz CT molecular complexity index is 1970. The van der Waals surface area contributed by atoms with Gasteiger partial charge in [0.1, 0.15) is 17.7 Å². The van der Waals surface area contributed by atoms with E-state index in [-0.39, 0.29) is 71.8 Å². The van der Waals surface area contributed by atoms with E-state index in [4.69, 9.17) is 78.8 Å². The van der Waals surface area contributed by atoms with Gasteiger partial charge in [-0.2, -0.15) is 5.26 Å². The number of aliphatic hydroxyl groups excluding tert-OH is 1. The molecule has 334 valence electrons. The third kappa shape index (κ3) is 14.5. The zero-order valence-corrected chi connectivity index (χ0v) is 39.9. The number of nitrogens with zero attached hydrogens (tertiary/aromatic N) is 2. The monoisotopic (exact) mass is 959 g/mol. The van der Waals surface area contributed by atoms with Gasteiger partial charge in [-0.15, -0.1) is 12.4 Å². The molecule has 10 nitrogen and oxygen atoms in total. The number of ketones is 3. The Morgan fingerprint density at radius 3 is 1.39 bits per heavy atom. The summed E-state index contributed by atoms with van der Waals surface area (Å²) >= 11 is 28.9. The number of hydrogen-bond acceptors (Lipinski definition) is 9. The molecule has 4 unspecified atom stereocenters. The van der Waals surface area contributed by atoms with E-state index >= 15 is 0 Å². The van der Waals surface area contributed by atoms with Gasteiger partial charge in [0.2, 0.25) is 0 Å². The van der Waals surface area contributed by atoms with Gasteiger partial charge in [-0.3, -0.25) is 28.9 Å². The smallest absolute Gasteiger partial charge is 0.286 e. The molecule has 2 amide bonds. The molecule has 1 aromatic carbocycles. The number of rotatable bonds is 2. The fraction of sp³-hybridized carbons (Fsp3) is 0.511. The highest BCUT2D eigenvalue weighted by molar-refractivity contribution is 6.33. The van der Waals surface area contributed by atoms with Crippen LogP contribution in [-0.4, -0.2) is 63.5 Å². The van der Waals surface area contributed by atoms with Gasteiger partial charge < -0.3 is 15.6 Å². The molecule has 1 fully saturated rings. The van der Waals surface area contributed by atoms with Gasteiger partial charge in [0.15, 0.2) is 5.78 Å². The van der Waals surface area contributed by atoms with E-state index < -0.39 is 0 Å². The van der Waals surface area contributed by atoms with Crippen LogP contribution >= 0.6 is 70.4 Å². The molecule has 1 aliphatic heterocycles. The summed E-state index contributed by atoms with van der Waals surface area (Å²) in [5.74, 6) is -0.285. The second-order valence-electron chi connectivity index (χ2n) is 15.5. The Morgan fingerprint density at radius 1 is 0.656 bits per heavy atom. The molecule has 4 atom stereocenters. The summed E-state index contributed by atoms with van der Waals surface area (Å²) in [6.07, 6.45) is 10.5. The van der Waals surface area contributed by atoms with E-state index in [0.717, 1.165) is 105 Å². The fourth-order valence-electron chi connectivity index (χ4n) is 7.09. The van der Waals surface area contributed by atoms with Gasteiger partial charge in [-0.25, -0.2) is 0 Å². The van der Waals surface area contributed by atoms with Crippen molar-refractivity contribution < 1.29 is 33.8 Å². The van der Waals surface area contributed by atoms with Crippen LogP contribution in [-0.2, 0) is 19.1 Å². The minimum atomic E-state index is -0.296. The zero-order chi connectivity index (χ0) is 45.0. The van der Waals surface area contributed by atoms with Gasteiger partial charge in [0.25, 0.3) is 18.1 Å². The lowest BCUT2D eigenvalue weighted by Gasteiger charge is -2.23. The molecule has 0 aromatic heterocycles. The molecule has 1 aromatic rings. The van der Waals surface area contributed by atoms with Crippen LogP contribution in [0, 0.1) is 17.4 Å². The molecule has 1 heterocycles. The van der Waals surface area contributed by atoms with Gasteiger partial charge in [-0.05, 0) is 134 Å². The third-order valence-electron chi connectivity index (χ3n) is 11.6. The minimum absolute atomic E-state index is 0. The summed E-state index contributed by atoms with van der Waals surface area (Å²) in [4.78, 5) is 57.7. The van der Waals surface area contributed by atoms with Crippen molar-refractivity contribution in [3.8, 4) is 6.26 Å². The maximum absolute atomic E-state index is 12.3. The molecule has 6 aliphatic carbocycles. The molecule has 3 N–H and O–H groups in total. The number of carbonyl (C=O) groups excluding carboxylic acids is 5. The molecule has 7 aliphatic rings. The molecule has 16 heteroatoms. The maximum atomic E-state index is 12.3. The van der Waals surface area contributed by atoms with Crippen molar-refractivity contribution >= 4 is 99.6 Å². The summed E-state index contributed by atoms with van der Waals surface area (Å²) in [6.45, 7) is 11.1. The number of fused-ring (bicyclic) bond motifs is 1. The number of allylic oxidation sites excluding steroid dienone is 6. The predicted molar refractivity (Wildman–Crippen MR) is 245 cm³/mol. The lowest BCUT2D eigenvalue weighted by molar-refractivity contribution is -0.126. The Kier molecular flexibility index (Phi) is 22.5. The molecule has 0 bridgehead atoms. The first kappa shape index (κ1) is 54.2. The summed E-state index contributed by atoms with van der Waals surface area (Å²) in [5.41, 5.74) is 11.4. The number of Topliss-reactive ketones (excluding diaryl/α,β-unsaturated/α-hetero) is 3. The van der Waals surface area contributed by atoms with Crippen LogP contribution in [0.3, 0.4) is 0 Å². The lowest BCUT2D eigenvalue weighted by atomic mass is 10.1. The number of aliphatic hydroxyl groups is 1. The Hall–Kier alpha value is -2.98. The van der Waals surface area contributed by atoms with Crippen molar-refractivity contribution in [3.05, 3.63) is 88.4 Å². The van der Waals surface area contributed by atoms with Gasteiger partial charge in [-0.1, -0.05) is 70.1 Å². The fourth-order valence-corrected chi connectivity index (χ4v) is 8.24. The van der Waals surface area contributed by atoms with Crippen LogP contribution in [0.15, 0.2) is 77.3 Å². The van der Waals surface area contributed by atoms with Crippen molar-refractivity contribution in [2.75, 3.05) is 0 Å². The van der Waals surface area contributed by atoms with Gasteiger partial charge in [0, 0.05) is 56.0 Å². The van der Waals surface area contributed by atoms with Crippen molar-refractivity contribution in [3.63, 3.8) is 0 Å². The third-order valence-corrected chi connectivity index (χ3v) is 14.1. The molecule has 0 radical (unpaired) electrons. The first-order valence-electron chi connectivity index (χ1n) is 20.0. The van der Waals surface area contributed by atoms with Crippen LogP contribution in [0.4, 0.5) is 0 Å². The maximum Gasteiger partial charge on any atom is 0.286 e. The first-order chi connectivity index (χ1) is 28.2. The minimum Gasteiger partial charge on any atom is -0.420 e. The summed E-state index contributed by atoms with van der Waals surface area (Å²) < 4.78 is 4.75. The van der Waals surface area contributed by atoms with Crippen LogP contribution in [0.25, 0.3) is 0 Å². The SMILES string of the molecule is CC1=C(Cl)CCC1=O.CC1=C(Cl)CCC1N.CC1=C(Cl)CCC1N1C(=O)c2ccccc2C1=O.CC1=C(Cl)CCC1O.CC1=C(Cl)CCC1OC#N.CC1C(=O)CCC1=O.Cl. The van der Waals surface area contributed by atoms with Crippen molar-refractivity contribution in [1.29, 1.82) is 5.26 Å². The van der Waals surface area contributed by atoms with Gasteiger partial charge >= 0.3 is 0 Å². The van der Waals surface area contributed by atoms with Crippen LogP contribution in [0.2, 0.25) is 0 Å². The molecule has 61 heavy (non-hydrogen) atoms. The lowest BCUT2D eigenvalue weighted by Crippen LogP contribution is -2.39. The van der Waals surface area contributed by atoms with E-state index in [9.17, 15) is 24.0 Å². The molecular weight excluding hydrogens is 907 g/mol. The number of halogens is 6. The predicted octanol–water partition coefficient (Wildman–Crippen LogP) is 11.2. The Morgan fingerprint density at radius 2 is 1.13 bits per heavy atom. The topological polar surface area (TPSA) is 168 Å².